The number of hydrazine groups is 1. The number of rotatable bonds is 3. The average Bonchev–Trinajstić information content (AvgIpc) is 2.69. The first-order chi connectivity index (χ1) is 7.29. The maximum Gasteiger partial charge on any atom is 0.253 e. The van der Waals surface area contributed by atoms with Crippen molar-refractivity contribution in [3.8, 4) is 0 Å². The van der Waals surface area contributed by atoms with E-state index in [-0.39, 0.29) is 5.56 Å². The highest BCUT2D eigenvalue weighted by Gasteiger charge is 2.04. The Balaban J connectivity index is 2.22. The summed E-state index contributed by atoms with van der Waals surface area (Å²) >= 11 is 1.29. The molecule has 0 radical (unpaired) electrons. The van der Waals surface area contributed by atoms with Crippen molar-refractivity contribution in [3.05, 3.63) is 34.0 Å². The smallest absolute Gasteiger partial charge is 0.253 e. The molecular weight excluding hydrogens is 216 g/mol. The zero-order valence-electron chi connectivity index (χ0n) is 7.62. The quantitative estimate of drug-likeness (QED) is 0.535. The minimum Gasteiger partial charge on any atom is -0.298 e. The Morgan fingerprint density at radius 1 is 1.53 bits per heavy atom. The van der Waals surface area contributed by atoms with Gasteiger partial charge in [0.05, 0.1) is 12.9 Å². The molecule has 0 bridgehead atoms. The van der Waals surface area contributed by atoms with E-state index in [1.807, 2.05) is 0 Å². The van der Waals surface area contributed by atoms with Crippen LogP contribution in [0, 0.1) is 0 Å². The molecule has 0 saturated carbocycles. The van der Waals surface area contributed by atoms with Gasteiger partial charge in [-0.3, -0.25) is 14.8 Å². The molecule has 0 fully saturated rings. The van der Waals surface area contributed by atoms with Crippen molar-refractivity contribution < 1.29 is 0 Å². The van der Waals surface area contributed by atoms with Gasteiger partial charge in [-0.1, -0.05) is 11.3 Å². The van der Waals surface area contributed by atoms with Gasteiger partial charge in [0.15, 0.2) is 0 Å². The van der Waals surface area contributed by atoms with Crippen molar-refractivity contribution in [2.45, 2.75) is 6.54 Å². The lowest BCUT2D eigenvalue weighted by atomic mass is 10.6. The number of nitrogens with two attached hydrogens (primary N) is 1. The predicted octanol–water partition coefficient (Wildman–Crippen LogP) is -0.571. The number of anilines is 1. The predicted molar refractivity (Wildman–Crippen MR) is 55.3 cm³/mol. The van der Waals surface area contributed by atoms with Crippen LogP contribution >= 0.6 is 11.3 Å². The largest absolute Gasteiger partial charge is 0.298 e. The Morgan fingerprint density at radius 3 is 3.07 bits per heavy atom. The fraction of sp³-hybridized carbons (Fsp3) is 0.143. The van der Waals surface area contributed by atoms with Gasteiger partial charge in [-0.05, 0) is 0 Å². The second-order valence-electron chi connectivity index (χ2n) is 2.69. The van der Waals surface area contributed by atoms with Crippen molar-refractivity contribution in [3.63, 3.8) is 0 Å². The van der Waals surface area contributed by atoms with E-state index in [1.165, 1.54) is 34.5 Å². The van der Waals surface area contributed by atoms with Gasteiger partial charge in [0.25, 0.3) is 5.56 Å². The first-order valence-corrected chi connectivity index (χ1v) is 4.90. The molecule has 2 aromatic heterocycles. The fourth-order valence-electron chi connectivity index (χ4n) is 1.02. The van der Waals surface area contributed by atoms with Crippen LogP contribution in [-0.2, 0) is 6.54 Å². The molecule has 0 unspecified atom stereocenters. The van der Waals surface area contributed by atoms with Gasteiger partial charge in [0, 0.05) is 12.3 Å². The number of hydrogen-bond donors (Lipinski definition) is 2. The summed E-state index contributed by atoms with van der Waals surface area (Å²) in [4.78, 5) is 15.2. The van der Waals surface area contributed by atoms with Gasteiger partial charge in [-0.15, -0.1) is 10.2 Å². The third-order valence-corrected chi connectivity index (χ3v) is 2.53. The van der Waals surface area contributed by atoms with Crippen LogP contribution in [0.3, 0.4) is 0 Å². The first kappa shape index (κ1) is 9.74. The minimum atomic E-state index is -0.123. The summed E-state index contributed by atoms with van der Waals surface area (Å²) in [7, 11) is 0. The van der Waals surface area contributed by atoms with E-state index in [4.69, 9.17) is 5.84 Å². The molecule has 7 nitrogen and oxygen atoms in total. The van der Waals surface area contributed by atoms with Gasteiger partial charge in [-0.25, -0.2) is 10.8 Å². The molecule has 3 N–H and O–H groups in total. The molecule has 78 valence electrons. The van der Waals surface area contributed by atoms with Crippen molar-refractivity contribution >= 4 is 16.5 Å². The molecule has 2 aromatic rings. The third-order valence-electron chi connectivity index (χ3n) is 1.69. The highest BCUT2D eigenvalue weighted by molar-refractivity contribution is 7.15. The highest BCUT2D eigenvalue weighted by atomic mass is 32.1. The van der Waals surface area contributed by atoms with Crippen molar-refractivity contribution in [2.75, 3.05) is 5.43 Å². The van der Waals surface area contributed by atoms with Gasteiger partial charge in [-0.2, -0.15) is 0 Å². The number of hydrogen-bond acceptors (Lipinski definition) is 7. The summed E-state index contributed by atoms with van der Waals surface area (Å²) in [6, 6.07) is 1.39. The Bertz CT molecular complexity index is 506. The van der Waals surface area contributed by atoms with E-state index in [0.29, 0.717) is 16.7 Å². The molecule has 2 rings (SSSR count). The standard InChI is InChI=1S/C7H8N6OS/c8-10-7-12-11-5(15-7)3-13-4-9-2-1-6(13)14/h1-2,4H,3,8H2,(H,10,12). The number of aromatic nitrogens is 4. The van der Waals surface area contributed by atoms with Crippen LogP contribution in [-0.4, -0.2) is 19.7 Å². The zero-order chi connectivity index (χ0) is 10.7. The highest BCUT2D eigenvalue weighted by Crippen LogP contribution is 2.13. The summed E-state index contributed by atoms with van der Waals surface area (Å²) in [6.07, 6.45) is 2.91. The van der Waals surface area contributed by atoms with Crippen LogP contribution in [0.4, 0.5) is 5.13 Å². The maximum absolute atomic E-state index is 11.3. The van der Waals surface area contributed by atoms with Crippen LogP contribution in [0.2, 0.25) is 0 Å². The van der Waals surface area contributed by atoms with Crippen LogP contribution in [0.1, 0.15) is 5.01 Å². The molecule has 0 aliphatic heterocycles. The van der Waals surface area contributed by atoms with E-state index < -0.39 is 0 Å². The number of nitrogen functional groups attached to an aromatic ring is 1. The molecule has 0 atom stereocenters. The summed E-state index contributed by atoms with van der Waals surface area (Å²) in [5, 5.41) is 8.83. The van der Waals surface area contributed by atoms with Crippen molar-refractivity contribution in [2.24, 2.45) is 5.84 Å². The van der Waals surface area contributed by atoms with E-state index in [9.17, 15) is 4.79 Å². The molecule has 0 saturated heterocycles. The number of nitrogens with one attached hydrogen (secondary N) is 1. The van der Waals surface area contributed by atoms with E-state index >= 15 is 0 Å². The second kappa shape index (κ2) is 4.15. The topological polar surface area (TPSA) is 98.7 Å². The second-order valence-corrected chi connectivity index (χ2v) is 3.75. The summed E-state index contributed by atoms with van der Waals surface area (Å²) < 4.78 is 1.45. The number of nitrogens with zero attached hydrogens (tertiary/aromatic N) is 4. The molecule has 8 heteroatoms. The first-order valence-electron chi connectivity index (χ1n) is 4.09. The molecule has 0 aliphatic rings. The fourth-order valence-corrected chi connectivity index (χ4v) is 1.67. The Hall–Kier alpha value is -1.80. The van der Waals surface area contributed by atoms with E-state index in [0.717, 1.165) is 0 Å². The van der Waals surface area contributed by atoms with Gasteiger partial charge >= 0.3 is 0 Å². The third kappa shape index (κ3) is 2.17. The molecule has 0 aromatic carbocycles. The Labute approximate surface area is 88.6 Å². The molecule has 0 aliphatic carbocycles. The van der Waals surface area contributed by atoms with Crippen molar-refractivity contribution in [1.82, 2.24) is 19.7 Å². The lowest BCUT2D eigenvalue weighted by Crippen LogP contribution is -2.19. The van der Waals surface area contributed by atoms with Crippen LogP contribution < -0.4 is 16.8 Å². The molecular formula is C7H8N6OS. The monoisotopic (exact) mass is 224 g/mol. The molecule has 2 heterocycles. The van der Waals surface area contributed by atoms with Gasteiger partial charge in [0.1, 0.15) is 5.01 Å². The summed E-state index contributed by atoms with van der Waals surface area (Å²) in [6.45, 7) is 0.353. The zero-order valence-corrected chi connectivity index (χ0v) is 8.44. The van der Waals surface area contributed by atoms with Crippen molar-refractivity contribution in [1.29, 1.82) is 0 Å². The lowest BCUT2D eigenvalue weighted by molar-refractivity contribution is 0.723. The van der Waals surface area contributed by atoms with E-state index in [1.54, 1.807) is 0 Å². The SMILES string of the molecule is NNc1nnc(Cn2cnccc2=O)s1. The lowest BCUT2D eigenvalue weighted by Gasteiger charge is -1.98. The van der Waals surface area contributed by atoms with Crippen LogP contribution in [0.25, 0.3) is 0 Å². The Morgan fingerprint density at radius 2 is 2.40 bits per heavy atom. The maximum atomic E-state index is 11.3. The summed E-state index contributed by atoms with van der Waals surface area (Å²) in [5.74, 6) is 5.16. The molecule has 0 amide bonds. The van der Waals surface area contributed by atoms with Crippen LogP contribution in [0.15, 0.2) is 23.4 Å². The van der Waals surface area contributed by atoms with Gasteiger partial charge < -0.3 is 0 Å². The van der Waals surface area contributed by atoms with Gasteiger partial charge in [0.2, 0.25) is 5.13 Å². The average molecular weight is 224 g/mol. The Kier molecular flexibility index (Phi) is 2.70. The molecule has 0 spiro atoms. The molecule has 15 heavy (non-hydrogen) atoms. The van der Waals surface area contributed by atoms with Crippen LogP contribution in [0.5, 0.6) is 0 Å². The summed E-state index contributed by atoms with van der Waals surface area (Å²) in [5.41, 5.74) is 2.27. The minimum absolute atomic E-state index is 0.123. The normalized spacial score (nSPS) is 10.2. The van der Waals surface area contributed by atoms with E-state index in [2.05, 4.69) is 20.6 Å².